The summed E-state index contributed by atoms with van der Waals surface area (Å²) in [5, 5.41) is 0. The van der Waals surface area contributed by atoms with Gasteiger partial charge in [0.15, 0.2) is 0 Å². The third kappa shape index (κ3) is 1.67. The zero-order valence-corrected chi connectivity index (χ0v) is 8.97. The molecule has 0 aliphatic rings. The standard InChI is InChI=1S/C11H13FN2O/c1-6(2)11-13-8-4-7(12)5-9(15-3)10(8)14-11/h4-6H,1-3H3,(H,13,14). The van der Waals surface area contributed by atoms with Crippen LogP contribution in [0.3, 0.4) is 0 Å². The Kier molecular flexibility index (Phi) is 2.34. The quantitative estimate of drug-likeness (QED) is 0.824. The number of hydrogen-bond donors (Lipinski definition) is 1. The minimum atomic E-state index is -0.321. The molecule has 80 valence electrons. The minimum Gasteiger partial charge on any atom is -0.494 e. The topological polar surface area (TPSA) is 37.9 Å². The van der Waals surface area contributed by atoms with E-state index in [0.29, 0.717) is 16.8 Å². The van der Waals surface area contributed by atoms with Crippen LogP contribution >= 0.6 is 0 Å². The fraction of sp³-hybridized carbons (Fsp3) is 0.364. The summed E-state index contributed by atoms with van der Waals surface area (Å²) in [6.07, 6.45) is 0. The number of aromatic nitrogens is 2. The van der Waals surface area contributed by atoms with Crippen molar-refractivity contribution in [1.29, 1.82) is 0 Å². The van der Waals surface area contributed by atoms with Crippen LogP contribution in [0.25, 0.3) is 11.0 Å². The molecule has 0 amide bonds. The van der Waals surface area contributed by atoms with E-state index < -0.39 is 0 Å². The van der Waals surface area contributed by atoms with Gasteiger partial charge in [0, 0.05) is 12.0 Å². The van der Waals surface area contributed by atoms with Crippen molar-refractivity contribution in [3.8, 4) is 5.75 Å². The van der Waals surface area contributed by atoms with E-state index in [1.54, 1.807) is 0 Å². The highest BCUT2D eigenvalue weighted by Crippen LogP contribution is 2.26. The number of nitrogens with zero attached hydrogens (tertiary/aromatic N) is 1. The number of aromatic amines is 1. The molecule has 0 aliphatic carbocycles. The first-order valence-electron chi connectivity index (χ1n) is 4.85. The van der Waals surface area contributed by atoms with Crippen LogP contribution in [-0.2, 0) is 0 Å². The van der Waals surface area contributed by atoms with Crippen molar-refractivity contribution in [2.24, 2.45) is 0 Å². The van der Waals surface area contributed by atoms with Gasteiger partial charge in [-0.25, -0.2) is 9.37 Å². The fourth-order valence-electron chi connectivity index (χ4n) is 1.50. The molecule has 0 saturated heterocycles. The van der Waals surface area contributed by atoms with Crippen molar-refractivity contribution >= 4 is 11.0 Å². The van der Waals surface area contributed by atoms with Crippen LogP contribution in [0.5, 0.6) is 5.75 Å². The average molecular weight is 208 g/mol. The van der Waals surface area contributed by atoms with E-state index in [9.17, 15) is 4.39 Å². The van der Waals surface area contributed by atoms with Crippen molar-refractivity contribution < 1.29 is 9.13 Å². The summed E-state index contributed by atoms with van der Waals surface area (Å²) in [6.45, 7) is 4.06. The summed E-state index contributed by atoms with van der Waals surface area (Å²) in [7, 11) is 1.51. The summed E-state index contributed by atoms with van der Waals surface area (Å²) in [5.41, 5.74) is 1.36. The molecule has 1 N–H and O–H groups in total. The Morgan fingerprint density at radius 2 is 2.13 bits per heavy atom. The zero-order valence-electron chi connectivity index (χ0n) is 8.97. The summed E-state index contributed by atoms with van der Waals surface area (Å²) in [6, 6.07) is 2.77. The Morgan fingerprint density at radius 1 is 1.40 bits per heavy atom. The van der Waals surface area contributed by atoms with Gasteiger partial charge in [-0.3, -0.25) is 0 Å². The first kappa shape index (κ1) is 9.96. The molecule has 0 atom stereocenters. The number of nitrogens with one attached hydrogen (secondary N) is 1. The molecule has 0 bridgehead atoms. The molecule has 15 heavy (non-hydrogen) atoms. The van der Waals surface area contributed by atoms with Crippen molar-refractivity contribution in [2.75, 3.05) is 7.11 Å². The van der Waals surface area contributed by atoms with E-state index >= 15 is 0 Å². The smallest absolute Gasteiger partial charge is 0.149 e. The van der Waals surface area contributed by atoms with Crippen LogP contribution < -0.4 is 4.74 Å². The van der Waals surface area contributed by atoms with Gasteiger partial charge in [0.1, 0.15) is 22.9 Å². The van der Waals surface area contributed by atoms with Crippen LogP contribution in [0.1, 0.15) is 25.6 Å². The Balaban J connectivity index is 2.68. The number of ether oxygens (including phenoxy) is 1. The maximum absolute atomic E-state index is 13.2. The average Bonchev–Trinajstić information content (AvgIpc) is 2.59. The number of H-pyrrole nitrogens is 1. The van der Waals surface area contributed by atoms with Gasteiger partial charge in [0.05, 0.1) is 12.6 Å². The Bertz CT molecular complexity index is 491. The molecule has 1 aromatic heterocycles. The molecule has 0 spiro atoms. The van der Waals surface area contributed by atoms with E-state index in [-0.39, 0.29) is 11.7 Å². The third-order valence-corrected chi connectivity index (χ3v) is 2.30. The highest BCUT2D eigenvalue weighted by molar-refractivity contribution is 5.82. The second-order valence-electron chi connectivity index (χ2n) is 3.78. The first-order chi connectivity index (χ1) is 7.11. The highest BCUT2D eigenvalue weighted by atomic mass is 19.1. The first-order valence-corrected chi connectivity index (χ1v) is 4.85. The van der Waals surface area contributed by atoms with Gasteiger partial charge in [0.25, 0.3) is 0 Å². The number of imidazole rings is 1. The van der Waals surface area contributed by atoms with Gasteiger partial charge in [-0.05, 0) is 6.07 Å². The maximum Gasteiger partial charge on any atom is 0.149 e. The largest absolute Gasteiger partial charge is 0.494 e. The fourth-order valence-corrected chi connectivity index (χ4v) is 1.50. The Morgan fingerprint density at radius 3 is 2.73 bits per heavy atom. The molecule has 1 aromatic carbocycles. The second kappa shape index (κ2) is 3.53. The van der Waals surface area contributed by atoms with Crippen LogP contribution in [0.4, 0.5) is 4.39 Å². The summed E-state index contributed by atoms with van der Waals surface area (Å²) >= 11 is 0. The van der Waals surface area contributed by atoms with Gasteiger partial charge in [0.2, 0.25) is 0 Å². The second-order valence-corrected chi connectivity index (χ2v) is 3.78. The molecule has 2 rings (SSSR count). The summed E-state index contributed by atoms with van der Waals surface area (Å²) in [4.78, 5) is 7.46. The minimum absolute atomic E-state index is 0.283. The highest BCUT2D eigenvalue weighted by Gasteiger charge is 2.11. The molecule has 0 unspecified atom stereocenters. The van der Waals surface area contributed by atoms with Crippen LogP contribution in [0.15, 0.2) is 12.1 Å². The van der Waals surface area contributed by atoms with E-state index in [2.05, 4.69) is 9.97 Å². The van der Waals surface area contributed by atoms with Crippen molar-refractivity contribution in [2.45, 2.75) is 19.8 Å². The van der Waals surface area contributed by atoms with E-state index in [1.807, 2.05) is 13.8 Å². The van der Waals surface area contributed by atoms with Gasteiger partial charge >= 0.3 is 0 Å². The molecular weight excluding hydrogens is 195 g/mol. The lowest BCUT2D eigenvalue weighted by Crippen LogP contribution is -1.89. The van der Waals surface area contributed by atoms with Gasteiger partial charge in [-0.1, -0.05) is 13.8 Å². The maximum atomic E-state index is 13.2. The lowest BCUT2D eigenvalue weighted by Gasteiger charge is -1.99. The summed E-state index contributed by atoms with van der Waals surface area (Å²) in [5.74, 6) is 1.27. The number of hydrogen-bond acceptors (Lipinski definition) is 2. The summed E-state index contributed by atoms with van der Waals surface area (Å²) < 4.78 is 18.2. The third-order valence-electron chi connectivity index (χ3n) is 2.30. The van der Waals surface area contributed by atoms with Crippen molar-refractivity contribution in [3.05, 3.63) is 23.8 Å². The van der Waals surface area contributed by atoms with Gasteiger partial charge in [-0.15, -0.1) is 0 Å². The molecule has 0 fully saturated rings. The van der Waals surface area contributed by atoms with Crippen molar-refractivity contribution in [1.82, 2.24) is 9.97 Å². The predicted molar refractivity (Wildman–Crippen MR) is 56.7 cm³/mol. The van der Waals surface area contributed by atoms with Crippen LogP contribution in [0, 0.1) is 5.82 Å². The number of fused-ring (bicyclic) bond motifs is 1. The Labute approximate surface area is 87.3 Å². The Hall–Kier alpha value is -1.58. The molecule has 0 radical (unpaired) electrons. The zero-order chi connectivity index (χ0) is 11.0. The molecule has 1 heterocycles. The monoisotopic (exact) mass is 208 g/mol. The lowest BCUT2D eigenvalue weighted by molar-refractivity contribution is 0.415. The number of halogens is 1. The van der Waals surface area contributed by atoms with Gasteiger partial charge in [-0.2, -0.15) is 0 Å². The molecule has 2 aromatic rings. The van der Waals surface area contributed by atoms with Crippen molar-refractivity contribution in [3.63, 3.8) is 0 Å². The SMILES string of the molecule is COc1cc(F)cc2[nH]c(C(C)C)nc12. The van der Waals surface area contributed by atoms with E-state index in [1.165, 1.54) is 19.2 Å². The van der Waals surface area contributed by atoms with Crippen LogP contribution in [-0.4, -0.2) is 17.1 Å². The van der Waals surface area contributed by atoms with Crippen LogP contribution in [0.2, 0.25) is 0 Å². The van der Waals surface area contributed by atoms with Gasteiger partial charge < -0.3 is 9.72 Å². The van der Waals surface area contributed by atoms with E-state index in [0.717, 1.165) is 5.82 Å². The molecule has 0 aliphatic heterocycles. The molecular formula is C11H13FN2O. The molecule has 3 nitrogen and oxygen atoms in total. The number of methoxy groups -OCH3 is 1. The molecule has 0 saturated carbocycles. The predicted octanol–water partition coefficient (Wildman–Crippen LogP) is 2.83. The number of benzene rings is 1. The lowest BCUT2D eigenvalue weighted by atomic mass is 10.2. The normalized spacial score (nSPS) is 11.3. The number of rotatable bonds is 2. The molecule has 4 heteroatoms. The van der Waals surface area contributed by atoms with E-state index in [4.69, 9.17) is 4.74 Å².